The van der Waals surface area contributed by atoms with Crippen LogP contribution in [0.15, 0.2) is 54.6 Å². The van der Waals surface area contributed by atoms with Crippen molar-refractivity contribution < 1.29 is 9.59 Å². The minimum atomic E-state index is -0.631. The van der Waals surface area contributed by atoms with Crippen LogP contribution >= 0.6 is 0 Å². The summed E-state index contributed by atoms with van der Waals surface area (Å²) < 4.78 is 0. The number of amides is 3. The molecule has 2 atom stereocenters. The van der Waals surface area contributed by atoms with Gasteiger partial charge in [-0.1, -0.05) is 48.0 Å². The second-order valence-corrected chi connectivity index (χ2v) is 7.42. The molecule has 1 aliphatic heterocycles. The van der Waals surface area contributed by atoms with Crippen LogP contribution < -0.4 is 21.3 Å². The van der Waals surface area contributed by atoms with Crippen molar-refractivity contribution in [3.63, 3.8) is 0 Å². The van der Waals surface area contributed by atoms with Crippen molar-refractivity contribution in [2.24, 2.45) is 11.7 Å². The Morgan fingerprint density at radius 2 is 1.96 bits per heavy atom. The van der Waals surface area contributed by atoms with Crippen molar-refractivity contribution in [1.29, 1.82) is 0 Å². The van der Waals surface area contributed by atoms with Crippen LogP contribution in [0.3, 0.4) is 0 Å². The zero-order valence-corrected chi connectivity index (χ0v) is 16.2. The van der Waals surface area contributed by atoms with Crippen molar-refractivity contribution >= 4 is 17.6 Å². The smallest absolute Gasteiger partial charge is 0.312 e. The average Bonchev–Trinajstić information content (AvgIpc) is 3.15. The summed E-state index contributed by atoms with van der Waals surface area (Å²) in [6, 6.07) is 17.0. The van der Waals surface area contributed by atoms with Crippen molar-refractivity contribution in [2.45, 2.75) is 25.8 Å². The highest BCUT2D eigenvalue weighted by molar-refractivity contribution is 5.78. The highest BCUT2D eigenvalue weighted by Crippen LogP contribution is 2.23. The Morgan fingerprint density at radius 1 is 1.18 bits per heavy atom. The van der Waals surface area contributed by atoms with Gasteiger partial charge in [0.05, 0.1) is 12.5 Å². The molecule has 3 amide bonds. The summed E-state index contributed by atoms with van der Waals surface area (Å²) in [7, 11) is 0. The summed E-state index contributed by atoms with van der Waals surface area (Å²) in [5, 5.41) is 5.71. The van der Waals surface area contributed by atoms with Gasteiger partial charge < -0.3 is 21.3 Å². The summed E-state index contributed by atoms with van der Waals surface area (Å²) in [6.07, 6.45) is 1.22. The van der Waals surface area contributed by atoms with Crippen LogP contribution in [-0.4, -0.2) is 31.6 Å². The van der Waals surface area contributed by atoms with E-state index in [1.165, 1.54) is 5.69 Å². The molecule has 148 valence electrons. The third kappa shape index (κ3) is 5.49. The van der Waals surface area contributed by atoms with E-state index in [1.54, 1.807) is 0 Å². The van der Waals surface area contributed by atoms with Gasteiger partial charge in [-0.2, -0.15) is 0 Å². The van der Waals surface area contributed by atoms with Gasteiger partial charge in [-0.25, -0.2) is 4.79 Å². The standard InChI is InChI=1S/C22H28N4O2/c1-16-6-5-7-18(12-16)20(25-22(23)28)13-21(27)24-14-17-10-11-26(15-17)19-8-3-2-4-9-19/h2-9,12,17,20H,10-11,13-15H2,1H3,(H,24,27)(H3,23,25,28)/t17-,20-/m0/s1. The number of para-hydroxylation sites is 1. The maximum Gasteiger partial charge on any atom is 0.312 e. The number of urea groups is 1. The molecule has 1 aliphatic rings. The van der Waals surface area contributed by atoms with E-state index in [9.17, 15) is 9.59 Å². The molecule has 3 rings (SSSR count). The number of anilines is 1. The lowest BCUT2D eigenvalue weighted by Gasteiger charge is -2.20. The molecule has 6 heteroatoms. The molecule has 2 aromatic rings. The van der Waals surface area contributed by atoms with Gasteiger partial charge in [-0.05, 0) is 37.0 Å². The molecule has 0 aromatic heterocycles. The van der Waals surface area contributed by atoms with Crippen LogP contribution in [0.4, 0.5) is 10.5 Å². The molecule has 28 heavy (non-hydrogen) atoms. The molecule has 0 bridgehead atoms. The maximum atomic E-state index is 12.5. The molecule has 0 saturated carbocycles. The van der Waals surface area contributed by atoms with E-state index in [1.807, 2.05) is 49.4 Å². The number of aryl methyl sites for hydroxylation is 1. The number of benzene rings is 2. The molecule has 6 nitrogen and oxygen atoms in total. The third-order valence-electron chi connectivity index (χ3n) is 5.15. The third-order valence-corrected chi connectivity index (χ3v) is 5.15. The van der Waals surface area contributed by atoms with Crippen molar-refractivity contribution in [3.05, 3.63) is 65.7 Å². The van der Waals surface area contributed by atoms with E-state index < -0.39 is 12.1 Å². The zero-order valence-electron chi connectivity index (χ0n) is 16.2. The van der Waals surface area contributed by atoms with Gasteiger partial charge in [-0.3, -0.25) is 4.79 Å². The number of carbonyl (C=O) groups is 2. The fraction of sp³-hybridized carbons (Fsp3) is 0.364. The number of nitrogens with two attached hydrogens (primary N) is 1. The fourth-order valence-corrected chi connectivity index (χ4v) is 3.70. The highest BCUT2D eigenvalue weighted by Gasteiger charge is 2.24. The van der Waals surface area contributed by atoms with Gasteiger partial charge in [0.25, 0.3) is 0 Å². The predicted octanol–water partition coefficient (Wildman–Crippen LogP) is 2.74. The van der Waals surface area contributed by atoms with Crippen molar-refractivity contribution in [2.75, 3.05) is 24.5 Å². The van der Waals surface area contributed by atoms with Crippen LogP contribution in [0.1, 0.15) is 30.0 Å². The molecule has 0 spiro atoms. The lowest BCUT2D eigenvalue weighted by Crippen LogP contribution is -2.38. The number of primary amides is 1. The second kappa shape index (κ2) is 9.26. The molecule has 0 unspecified atom stereocenters. The largest absolute Gasteiger partial charge is 0.371 e. The topological polar surface area (TPSA) is 87.5 Å². The molecule has 0 radical (unpaired) electrons. The number of hydrogen-bond donors (Lipinski definition) is 3. The Balaban J connectivity index is 1.51. The molecule has 1 heterocycles. The first-order chi connectivity index (χ1) is 13.5. The van der Waals surface area contributed by atoms with Crippen LogP contribution in [0, 0.1) is 12.8 Å². The predicted molar refractivity (Wildman–Crippen MR) is 111 cm³/mol. The maximum absolute atomic E-state index is 12.5. The zero-order chi connectivity index (χ0) is 19.9. The van der Waals surface area contributed by atoms with Crippen LogP contribution in [-0.2, 0) is 4.79 Å². The van der Waals surface area contributed by atoms with E-state index in [2.05, 4.69) is 27.7 Å². The lowest BCUT2D eigenvalue weighted by molar-refractivity contribution is -0.121. The first kappa shape index (κ1) is 19.7. The molecular formula is C22H28N4O2. The summed E-state index contributed by atoms with van der Waals surface area (Å²) in [5.74, 6) is 0.337. The van der Waals surface area contributed by atoms with Gasteiger partial charge >= 0.3 is 6.03 Å². The van der Waals surface area contributed by atoms with E-state index >= 15 is 0 Å². The molecule has 1 fully saturated rings. The van der Waals surface area contributed by atoms with Gasteiger partial charge in [0.15, 0.2) is 0 Å². The van der Waals surface area contributed by atoms with Gasteiger partial charge in [0.1, 0.15) is 0 Å². The Labute approximate surface area is 166 Å². The average molecular weight is 380 g/mol. The molecule has 1 saturated heterocycles. The normalized spacial score (nSPS) is 17.2. The number of rotatable bonds is 7. The monoisotopic (exact) mass is 380 g/mol. The number of carbonyl (C=O) groups excluding carboxylic acids is 2. The SMILES string of the molecule is Cc1cccc([C@H](CC(=O)NC[C@@H]2CCN(c3ccccc3)C2)NC(N)=O)c1. The summed E-state index contributed by atoms with van der Waals surface area (Å²) in [5.41, 5.74) is 8.48. The molecule has 4 N–H and O–H groups in total. The van der Waals surface area contributed by atoms with E-state index in [0.717, 1.165) is 30.6 Å². The summed E-state index contributed by atoms with van der Waals surface area (Å²) in [6.45, 7) is 4.55. The first-order valence-corrected chi connectivity index (χ1v) is 9.70. The molecule has 0 aliphatic carbocycles. The van der Waals surface area contributed by atoms with Gasteiger partial charge in [-0.15, -0.1) is 0 Å². The van der Waals surface area contributed by atoms with E-state index in [0.29, 0.717) is 12.5 Å². The van der Waals surface area contributed by atoms with Gasteiger partial charge in [0, 0.05) is 25.3 Å². The Kier molecular flexibility index (Phi) is 6.53. The number of hydrogen-bond acceptors (Lipinski definition) is 3. The minimum Gasteiger partial charge on any atom is -0.371 e. The molecular weight excluding hydrogens is 352 g/mol. The Morgan fingerprint density at radius 3 is 2.68 bits per heavy atom. The Hall–Kier alpha value is -3.02. The number of nitrogens with zero attached hydrogens (tertiary/aromatic N) is 1. The lowest BCUT2D eigenvalue weighted by atomic mass is 10.0. The highest BCUT2D eigenvalue weighted by atomic mass is 16.2. The molecule has 2 aromatic carbocycles. The quantitative estimate of drug-likeness (QED) is 0.690. The van der Waals surface area contributed by atoms with Crippen molar-refractivity contribution in [1.82, 2.24) is 10.6 Å². The minimum absolute atomic E-state index is 0.0848. The van der Waals surface area contributed by atoms with E-state index in [-0.39, 0.29) is 12.3 Å². The van der Waals surface area contributed by atoms with Gasteiger partial charge in [0.2, 0.25) is 5.91 Å². The van der Waals surface area contributed by atoms with Crippen LogP contribution in [0.5, 0.6) is 0 Å². The van der Waals surface area contributed by atoms with Crippen molar-refractivity contribution in [3.8, 4) is 0 Å². The number of nitrogens with one attached hydrogen (secondary N) is 2. The fourth-order valence-electron chi connectivity index (χ4n) is 3.70. The first-order valence-electron chi connectivity index (χ1n) is 9.70. The summed E-state index contributed by atoms with van der Waals surface area (Å²) >= 11 is 0. The summed E-state index contributed by atoms with van der Waals surface area (Å²) in [4.78, 5) is 26.2. The Bertz CT molecular complexity index is 809. The van der Waals surface area contributed by atoms with Crippen LogP contribution in [0.2, 0.25) is 0 Å². The van der Waals surface area contributed by atoms with Crippen LogP contribution in [0.25, 0.3) is 0 Å². The second-order valence-electron chi connectivity index (χ2n) is 7.42. The van der Waals surface area contributed by atoms with E-state index in [4.69, 9.17) is 5.73 Å².